The Morgan fingerprint density at radius 1 is 1.10 bits per heavy atom. The Hall–Kier alpha value is -3.19. The van der Waals surface area contributed by atoms with E-state index >= 15 is 0 Å². The molecule has 156 valence electrons. The maximum atomic E-state index is 12.5. The molecular weight excluding hydrogens is 378 g/mol. The van der Waals surface area contributed by atoms with Crippen LogP contribution in [0.3, 0.4) is 0 Å². The summed E-state index contributed by atoms with van der Waals surface area (Å²) in [4.78, 5) is 35.6. The first kappa shape index (κ1) is 20.1. The molecule has 0 atom stereocenters. The topological polar surface area (TPSA) is 68.8 Å². The van der Waals surface area contributed by atoms with Crippen molar-refractivity contribution in [2.45, 2.75) is 13.5 Å². The third kappa shape index (κ3) is 4.07. The van der Waals surface area contributed by atoms with E-state index in [0.29, 0.717) is 17.8 Å². The van der Waals surface area contributed by atoms with E-state index in [-0.39, 0.29) is 18.4 Å². The molecule has 0 spiro atoms. The van der Waals surface area contributed by atoms with Gasteiger partial charge in [-0.05, 0) is 24.2 Å². The number of aromatic nitrogens is 1. The van der Waals surface area contributed by atoms with Gasteiger partial charge in [0.1, 0.15) is 12.4 Å². The molecule has 2 aromatic rings. The van der Waals surface area contributed by atoms with Crippen LogP contribution in [0.4, 0.5) is 5.82 Å². The van der Waals surface area contributed by atoms with Gasteiger partial charge in [-0.15, -0.1) is 0 Å². The number of anilines is 1. The van der Waals surface area contributed by atoms with E-state index in [9.17, 15) is 9.59 Å². The summed E-state index contributed by atoms with van der Waals surface area (Å²) >= 11 is 0. The quantitative estimate of drug-likeness (QED) is 0.796. The minimum absolute atomic E-state index is 0.0421. The Bertz CT molecular complexity index is 913. The van der Waals surface area contributed by atoms with Crippen LogP contribution < -0.4 is 10.2 Å². The monoisotopic (exact) mass is 405 g/mol. The molecule has 2 aliphatic heterocycles. The summed E-state index contributed by atoms with van der Waals surface area (Å²) in [6.07, 6.45) is 1.80. The molecule has 1 fully saturated rings. The molecule has 1 saturated heterocycles. The molecule has 0 saturated carbocycles. The van der Waals surface area contributed by atoms with Crippen LogP contribution in [0.5, 0.6) is 0 Å². The summed E-state index contributed by atoms with van der Waals surface area (Å²) < 4.78 is 0. The van der Waals surface area contributed by atoms with Crippen LogP contribution in [-0.4, -0.2) is 65.9 Å². The van der Waals surface area contributed by atoms with Gasteiger partial charge in [-0.1, -0.05) is 37.8 Å². The molecule has 0 radical (unpaired) electrons. The number of piperazine rings is 1. The summed E-state index contributed by atoms with van der Waals surface area (Å²) in [6, 6.07) is 11.3. The number of benzene rings is 1. The van der Waals surface area contributed by atoms with Crippen molar-refractivity contribution in [1.29, 1.82) is 0 Å². The maximum absolute atomic E-state index is 12.5. The molecular formula is C23H27N5O2. The molecule has 3 heterocycles. The van der Waals surface area contributed by atoms with E-state index in [1.807, 2.05) is 30.3 Å². The van der Waals surface area contributed by atoms with Gasteiger partial charge in [0, 0.05) is 55.7 Å². The molecule has 0 unspecified atom stereocenters. The number of likely N-dealkylation sites (N-methyl/N-ethyl adjacent to an activating group) is 1. The highest BCUT2D eigenvalue weighted by Gasteiger charge is 2.31. The third-order valence-corrected chi connectivity index (χ3v) is 5.78. The van der Waals surface area contributed by atoms with E-state index in [1.54, 1.807) is 12.3 Å². The van der Waals surface area contributed by atoms with Crippen molar-refractivity contribution in [2.24, 2.45) is 0 Å². The predicted molar refractivity (Wildman–Crippen MR) is 117 cm³/mol. The van der Waals surface area contributed by atoms with Crippen molar-refractivity contribution < 1.29 is 9.59 Å². The van der Waals surface area contributed by atoms with Gasteiger partial charge in [0.15, 0.2) is 0 Å². The summed E-state index contributed by atoms with van der Waals surface area (Å²) in [6.45, 7) is 11.6. The smallest absolute Gasteiger partial charge is 0.259 e. The molecule has 1 aromatic carbocycles. The second-order valence-corrected chi connectivity index (χ2v) is 7.61. The number of rotatable bonds is 6. The number of hydrogen-bond donors (Lipinski definition) is 1. The van der Waals surface area contributed by atoms with Crippen molar-refractivity contribution in [1.82, 2.24) is 20.1 Å². The number of pyridine rings is 1. The number of hydrogen-bond acceptors (Lipinski definition) is 5. The fraction of sp³-hybridized carbons (Fsp3) is 0.348. The molecule has 1 aromatic heterocycles. The highest BCUT2D eigenvalue weighted by atomic mass is 16.2. The van der Waals surface area contributed by atoms with Crippen LogP contribution in [0, 0.1) is 0 Å². The minimum atomic E-state index is -0.225. The number of nitrogens with zero attached hydrogens (tertiary/aromatic N) is 4. The van der Waals surface area contributed by atoms with Gasteiger partial charge in [-0.3, -0.25) is 14.5 Å². The van der Waals surface area contributed by atoms with Gasteiger partial charge < -0.3 is 15.1 Å². The van der Waals surface area contributed by atoms with Gasteiger partial charge in [0.05, 0.1) is 0 Å². The Morgan fingerprint density at radius 2 is 1.83 bits per heavy atom. The van der Waals surface area contributed by atoms with Crippen LogP contribution in [0.2, 0.25) is 0 Å². The molecule has 7 nitrogen and oxygen atoms in total. The van der Waals surface area contributed by atoms with Crippen LogP contribution in [0.1, 0.15) is 28.4 Å². The first-order chi connectivity index (χ1) is 14.6. The summed E-state index contributed by atoms with van der Waals surface area (Å²) in [5, 5.41) is 2.87. The van der Waals surface area contributed by atoms with Crippen LogP contribution in [0.15, 0.2) is 49.2 Å². The summed E-state index contributed by atoms with van der Waals surface area (Å²) in [5.74, 6) is 0.564. The van der Waals surface area contributed by atoms with Crippen molar-refractivity contribution in [3.05, 3.63) is 65.9 Å². The van der Waals surface area contributed by atoms with Crippen molar-refractivity contribution >= 4 is 23.3 Å². The van der Waals surface area contributed by atoms with E-state index in [0.717, 1.165) is 49.7 Å². The van der Waals surface area contributed by atoms with E-state index < -0.39 is 0 Å². The molecule has 2 aliphatic rings. The zero-order valence-corrected chi connectivity index (χ0v) is 17.3. The standard InChI is InChI=1S/C23H27N5O2/c1-3-26-10-12-27(13-11-26)21-9-8-18(14-24-21)15-25-22(29)16-28-17(2)19-6-4-5-7-20(19)23(28)30/h4-9,14H,2-3,10-13,15-16H2,1H3,(H,25,29). The van der Waals surface area contributed by atoms with Gasteiger partial charge in [0.2, 0.25) is 5.91 Å². The second-order valence-electron chi connectivity index (χ2n) is 7.61. The summed E-state index contributed by atoms with van der Waals surface area (Å²) in [5.41, 5.74) is 2.87. The Balaban J connectivity index is 1.28. The van der Waals surface area contributed by atoms with Gasteiger partial charge in [-0.25, -0.2) is 4.98 Å². The SMILES string of the molecule is C=C1c2ccccc2C(=O)N1CC(=O)NCc1ccc(N2CCN(CC)CC2)nc1. The fourth-order valence-corrected chi connectivity index (χ4v) is 3.90. The number of amides is 2. The Morgan fingerprint density at radius 3 is 2.47 bits per heavy atom. The van der Waals surface area contributed by atoms with Crippen molar-refractivity contribution in [2.75, 3.05) is 44.2 Å². The maximum Gasteiger partial charge on any atom is 0.259 e. The van der Waals surface area contributed by atoms with Gasteiger partial charge in [-0.2, -0.15) is 0 Å². The van der Waals surface area contributed by atoms with Gasteiger partial charge in [0.25, 0.3) is 5.91 Å². The highest BCUT2D eigenvalue weighted by molar-refractivity contribution is 6.10. The molecule has 30 heavy (non-hydrogen) atoms. The molecule has 7 heteroatoms. The van der Waals surface area contributed by atoms with E-state index in [4.69, 9.17) is 0 Å². The third-order valence-electron chi connectivity index (χ3n) is 5.78. The number of carbonyl (C=O) groups excluding carboxylic acids is 2. The highest BCUT2D eigenvalue weighted by Crippen LogP contribution is 2.30. The van der Waals surface area contributed by atoms with E-state index in [1.165, 1.54) is 4.90 Å². The molecule has 0 aliphatic carbocycles. The largest absolute Gasteiger partial charge is 0.354 e. The van der Waals surface area contributed by atoms with Crippen LogP contribution >= 0.6 is 0 Å². The minimum Gasteiger partial charge on any atom is -0.354 e. The zero-order chi connectivity index (χ0) is 21.1. The average Bonchev–Trinajstić information content (AvgIpc) is 3.03. The Kier molecular flexibility index (Phi) is 5.81. The number of fused-ring (bicyclic) bond motifs is 1. The predicted octanol–water partition coefficient (Wildman–Crippen LogP) is 1.97. The second kappa shape index (κ2) is 8.67. The summed E-state index contributed by atoms with van der Waals surface area (Å²) in [7, 11) is 0. The first-order valence-electron chi connectivity index (χ1n) is 10.4. The first-order valence-corrected chi connectivity index (χ1v) is 10.4. The lowest BCUT2D eigenvalue weighted by atomic mass is 10.1. The lowest BCUT2D eigenvalue weighted by Crippen LogP contribution is -2.46. The molecule has 1 N–H and O–H groups in total. The molecule has 2 amide bonds. The van der Waals surface area contributed by atoms with Gasteiger partial charge >= 0.3 is 0 Å². The van der Waals surface area contributed by atoms with Crippen molar-refractivity contribution in [3.8, 4) is 0 Å². The van der Waals surface area contributed by atoms with Crippen molar-refractivity contribution in [3.63, 3.8) is 0 Å². The zero-order valence-electron chi connectivity index (χ0n) is 17.3. The number of nitrogens with one attached hydrogen (secondary N) is 1. The molecule has 0 bridgehead atoms. The lowest BCUT2D eigenvalue weighted by molar-refractivity contribution is -0.121. The fourth-order valence-electron chi connectivity index (χ4n) is 3.90. The van der Waals surface area contributed by atoms with Crippen LogP contribution in [-0.2, 0) is 11.3 Å². The lowest BCUT2D eigenvalue weighted by Gasteiger charge is -2.34. The van der Waals surface area contributed by atoms with E-state index in [2.05, 4.69) is 33.6 Å². The Labute approximate surface area is 177 Å². The van der Waals surface area contributed by atoms with Crippen LogP contribution in [0.25, 0.3) is 5.70 Å². The average molecular weight is 406 g/mol. The number of carbonyl (C=O) groups is 2. The molecule has 4 rings (SSSR count). The normalized spacial score (nSPS) is 16.7.